The van der Waals surface area contributed by atoms with Gasteiger partial charge in [-0.1, -0.05) is 0 Å². The van der Waals surface area contributed by atoms with Gasteiger partial charge in [0.2, 0.25) is 10.0 Å². The number of carbonyl (C=O) groups excluding carboxylic acids is 2. The fourth-order valence-corrected chi connectivity index (χ4v) is 3.70. The number of esters is 2. The van der Waals surface area contributed by atoms with E-state index in [-0.39, 0.29) is 31.9 Å². The Hall–Kier alpha value is -2.04. The summed E-state index contributed by atoms with van der Waals surface area (Å²) >= 11 is 0. The van der Waals surface area contributed by atoms with E-state index in [1.807, 2.05) is 0 Å². The summed E-state index contributed by atoms with van der Waals surface area (Å²) in [4.78, 5) is 22.7. The Balaban J connectivity index is 2.28. The minimum Gasteiger partial charge on any atom is -0.466 e. The molecule has 0 N–H and O–H groups in total. The number of ether oxygens (including phenoxy) is 3. The van der Waals surface area contributed by atoms with Gasteiger partial charge in [0, 0.05) is 13.1 Å². The predicted octanol–water partition coefficient (Wildman–Crippen LogP) is 0.565. The number of halogens is 1. The van der Waals surface area contributed by atoms with Crippen LogP contribution in [0.4, 0.5) is 4.39 Å². The molecule has 0 aliphatic carbocycles. The molecule has 1 aliphatic heterocycles. The summed E-state index contributed by atoms with van der Waals surface area (Å²) in [5, 5.41) is 0. The molecule has 1 atom stereocenters. The quantitative estimate of drug-likeness (QED) is 0.694. The summed E-state index contributed by atoms with van der Waals surface area (Å²) in [5.41, 5.74) is -0.191. The van der Waals surface area contributed by atoms with Crippen molar-refractivity contribution in [2.24, 2.45) is 0 Å². The Labute approximate surface area is 144 Å². The molecule has 8 nitrogen and oxygen atoms in total. The second kappa shape index (κ2) is 7.89. The average Bonchev–Trinajstić information content (AvgIpc) is 2.61. The third kappa shape index (κ3) is 4.33. The summed E-state index contributed by atoms with van der Waals surface area (Å²) in [6.45, 7) is 1.91. The second-order valence-corrected chi connectivity index (χ2v) is 7.14. The van der Waals surface area contributed by atoms with Crippen LogP contribution in [0.1, 0.15) is 17.3 Å². The van der Waals surface area contributed by atoms with Gasteiger partial charge in [0.15, 0.2) is 6.10 Å². The number of hydrogen-bond donors (Lipinski definition) is 0. The van der Waals surface area contributed by atoms with Crippen molar-refractivity contribution >= 4 is 22.0 Å². The topological polar surface area (TPSA) is 99.2 Å². The Morgan fingerprint density at radius 2 is 1.92 bits per heavy atom. The molecule has 1 aromatic rings. The third-order valence-corrected chi connectivity index (χ3v) is 5.49. The summed E-state index contributed by atoms with van der Waals surface area (Å²) in [5.74, 6) is -2.71. The van der Waals surface area contributed by atoms with Crippen LogP contribution in [-0.2, 0) is 29.0 Å². The highest BCUT2D eigenvalue weighted by molar-refractivity contribution is 7.89. The Morgan fingerprint density at radius 1 is 1.28 bits per heavy atom. The van der Waals surface area contributed by atoms with Crippen LogP contribution >= 0.6 is 0 Å². The van der Waals surface area contributed by atoms with Gasteiger partial charge in [0.05, 0.1) is 25.9 Å². The highest BCUT2D eigenvalue weighted by Gasteiger charge is 2.30. The van der Waals surface area contributed by atoms with Crippen molar-refractivity contribution in [3.05, 3.63) is 29.6 Å². The van der Waals surface area contributed by atoms with Crippen LogP contribution in [0.5, 0.6) is 0 Å². The van der Waals surface area contributed by atoms with Gasteiger partial charge in [-0.25, -0.2) is 22.4 Å². The van der Waals surface area contributed by atoms with Crippen LogP contribution in [-0.4, -0.2) is 64.2 Å². The Bertz CT molecular complexity index is 759. The molecule has 0 amide bonds. The maximum atomic E-state index is 14.1. The van der Waals surface area contributed by atoms with Gasteiger partial charge in [0.1, 0.15) is 10.7 Å². The third-order valence-electron chi connectivity index (χ3n) is 3.57. The molecule has 0 radical (unpaired) electrons. The van der Waals surface area contributed by atoms with Gasteiger partial charge in [0.25, 0.3) is 0 Å². The lowest BCUT2D eigenvalue weighted by atomic mass is 10.2. The van der Waals surface area contributed by atoms with Crippen LogP contribution in [0, 0.1) is 5.82 Å². The second-order valence-electron chi connectivity index (χ2n) is 5.23. The van der Waals surface area contributed by atoms with Crippen LogP contribution in [0.25, 0.3) is 0 Å². The monoisotopic (exact) mass is 375 g/mol. The number of methoxy groups -OCH3 is 1. The molecular formula is C15H18FNO7S. The van der Waals surface area contributed by atoms with E-state index in [9.17, 15) is 22.4 Å². The van der Waals surface area contributed by atoms with Crippen molar-refractivity contribution in [2.75, 3.05) is 33.4 Å². The number of morpholine rings is 1. The smallest absolute Gasteiger partial charge is 0.346 e. The average molecular weight is 375 g/mol. The first-order valence-corrected chi connectivity index (χ1v) is 8.87. The van der Waals surface area contributed by atoms with Crippen LogP contribution in [0.15, 0.2) is 23.1 Å². The summed E-state index contributed by atoms with van der Waals surface area (Å²) in [7, 11) is -2.98. The van der Waals surface area contributed by atoms with Crippen LogP contribution < -0.4 is 0 Å². The summed E-state index contributed by atoms with van der Waals surface area (Å²) < 4.78 is 54.7. The van der Waals surface area contributed by atoms with E-state index in [2.05, 4.69) is 4.74 Å². The maximum Gasteiger partial charge on any atom is 0.346 e. The number of hydrogen-bond acceptors (Lipinski definition) is 7. The van der Waals surface area contributed by atoms with Gasteiger partial charge in [-0.2, -0.15) is 4.31 Å². The lowest BCUT2D eigenvalue weighted by Crippen LogP contribution is -2.41. The van der Waals surface area contributed by atoms with Crippen LogP contribution in [0.2, 0.25) is 0 Å². The maximum absolute atomic E-state index is 14.1. The molecule has 1 heterocycles. The van der Waals surface area contributed by atoms with E-state index in [0.717, 1.165) is 29.6 Å². The molecule has 1 saturated heterocycles. The van der Waals surface area contributed by atoms with Gasteiger partial charge in [-0.05, 0) is 25.1 Å². The molecule has 1 fully saturated rings. The fraction of sp³-hybridized carbons (Fsp3) is 0.467. The molecule has 1 aliphatic rings. The minimum atomic E-state index is -4.12. The van der Waals surface area contributed by atoms with Crippen molar-refractivity contribution in [1.82, 2.24) is 4.31 Å². The van der Waals surface area contributed by atoms with E-state index in [1.54, 1.807) is 0 Å². The highest BCUT2D eigenvalue weighted by Crippen LogP contribution is 2.22. The van der Waals surface area contributed by atoms with Crippen molar-refractivity contribution < 1.29 is 36.6 Å². The van der Waals surface area contributed by atoms with E-state index in [0.29, 0.717) is 0 Å². The zero-order valence-electron chi connectivity index (χ0n) is 13.7. The van der Waals surface area contributed by atoms with Gasteiger partial charge in [-0.15, -0.1) is 0 Å². The molecule has 0 saturated carbocycles. The van der Waals surface area contributed by atoms with Crippen molar-refractivity contribution in [3.8, 4) is 0 Å². The van der Waals surface area contributed by atoms with Crippen molar-refractivity contribution in [3.63, 3.8) is 0 Å². The normalized spacial score (nSPS) is 16.9. The SMILES string of the molecule is COC(=O)[C@H](C)OC(=O)c1ccc(F)c(S(=O)(=O)N2CCOCC2)c1. The minimum absolute atomic E-state index is 0.0931. The molecule has 10 heteroatoms. The number of nitrogens with zero attached hydrogens (tertiary/aromatic N) is 1. The van der Waals surface area contributed by atoms with Gasteiger partial charge < -0.3 is 14.2 Å². The van der Waals surface area contributed by atoms with Gasteiger partial charge >= 0.3 is 11.9 Å². The highest BCUT2D eigenvalue weighted by atomic mass is 32.2. The largest absolute Gasteiger partial charge is 0.466 e. The van der Waals surface area contributed by atoms with E-state index in [1.165, 1.54) is 6.92 Å². The van der Waals surface area contributed by atoms with E-state index >= 15 is 0 Å². The van der Waals surface area contributed by atoms with Crippen LogP contribution in [0.3, 0.4) is 0 Å². The van der Waals surface area contributed by atoms with Crippen molar-refractivity contribution in [2.45, 2.75) is 17.9 Å². The first kappa shape index (κ1) is 19.3. The van der Waals surface area contributed by atoms with Gasteiger partial charge in [-0.3, -0.25) is 0 Å². The molecule has 138 valence electrons. The molecule has 0 unspecified atom stereocenters. The first-order valence-electron chi connectivity index (χ1n) is 7.43. The molecule has 0 bridgehead atoms. The fourth-order valence-electron chi connectivity index (χ4n) is 2.20. The molecule has 0 aromatic heterocycles. The number of rotatable bonds is 5. The predicted molar refractivity (Wildman–Crippen MR) is 82.9 cm³/mol. The zero-order valence-corrected chi connectivity index (χ0v) is 14.5. The lowest BCUT2D eigenvalue weighted by Gasteiger charge is -2.26. The Kier molecular flexibility index (Phi) is 6.09. The molecule has 2 rings (SSSR count). The standard InChI is InChI=1S/C15H18FNO7S/c1-10(14(18)22-2)24-15(19)11-3-4-12(16)13(9-11)25(20,21)17-5-7-23-8-6-17/h3-4,9-10H,5-8H2,1-2H3/t10-/m0/s1. The summed E-state index contributed by atoms with van der Waals surface area (Å²) in [6.07, 6.45) is -1.18. The zero-order chi connectivity index (χ0) is 18.6. The Morgan fingerprint density at radius 3 is 2.52 bits per heavy atom. The summed E-state index contributed by atoms with van der Waals surface area (Å²) in [6, 6.07) is 2.85. The van der Waals surface area contributed by atoms with Crippen molar-refractivity contribution in [1.29, 1.82) is 0 Å². The molecular weight excluding hydrogens is 357 g/mol. The number of sulfonamides is 1. The molecule has 0 spiro atoms. The number of benzene rings is 1. The van der Waals surface area contributed by atoms with E-state index in [4.69, 9.17) is 9.47 Å². The molecule has 1 aromatic carbocycles. The van der Waals surface area contributed by atoms with E-state index < -0.39 is 38.8 Å². The lowest BCUT2D eigenvalue weighted by molar-refractivity contribution is -0.149. The molecule has 25 heavy (non-hydrogen) atoms. The first-order chi connectivity index (χ1) is 11.8. The number of carbonyl (C=O) groups is 2.